The van der Waals surface area contributed by atoms with Gasteiger partial charge in [0, 0.05) is 17.3 Å². The molecule has 0 radical (unpaired) electrons. The van der Waals surface area contributed by atoms with Crippen molar-refractivity contribution in [3.8, 4) is 0 Å². The van der Waals surface area contributed by atoms with Crippen LogP contribution in [0.4, 0.5) is 5.69 Å². The number of benzene rings is 2. The van der Waals surface area contributed by atoms with Crippen molar-refractivity contribution in [2.24, 2.45) is 0 Å². The lowest BCUT2D eigenvalue weighted by Gasteiger charge is -2.10. The van der Waals surface area contributed by atoms with E-state index >= 15 is 0 Å². The molecule has 0 bridgehead atoms. The Balaban J connectivity index is 2.07. The zero-order valence-electron chi connectivity index (χ0n) is 15.4. The van der Waals surface area contributed by atoms with Crippen molar-refractivity contribution in [3.63, 3.8) is 0 Å². The van der Waals surface area contributed by atoms with Crippen LogP contribution in [0.25, 0.3) is 0 Å². The molecule has 0 heterocycles. The number of hydrogen-bond acceptors (Lipinski definition) is 5. The molecule has 27 heavy (non-hydrogen) atoms. The molecule has 2 aromatic rings. The van der Waals surface area contributed by atoms with E-state index in [0.29, 0.717) is 16.8 Å². The smallest absolute Gasteiger partial charge is 0.338 e. The topological polar surface area (TPSA) is 102 Å². The van der Waals surface area contributed by atoms with Gasteiger partial charge in [0.05, 0.1) is 17.1 Å². The molecule has 2 N–H and O–H groups in total. The molecule has 0 aromatic heterocycles. The van der Waals surface area contributed by atoms with Crippen molar-refractivity contribution in [1.82, 2.24) is 4.72 Å². The Kier molecular flexibility index (Phi) is 6.70. The van der Waals surface area contributed by atoms with Crippen molar-refractivity contribution in [2.45, 2.75) is 31.7 Å². The summed E-state index contributed by atoms with van der Waals surface area (Å²) in [5.41, 5.74) is 1.21. The maximum Gasteiger partial charge on any atom is 0.338 e. The van der Waals surface area contributed by atoms with Crippen molar-refractivity contribution >= 4 is 27.6 Å². The summed E-state index contributed by atoms with van der Waals surface area (Å²) in [5.74, 6) is -0.818. The molecule has 2 aromatic carbocycles. The van der Waals surface area contributed by atoms with E-state index < -0.39 is 16.0 Å². The lowest BCUT2D eigenvalue weighted by atomic mass is 10.2. The van der Waals surface area contributed by atoms with Gasteiger partial charge in [-0.15, -0.1) is 0 Å². The van der Waals surface area contributed by atoms with Crippen LogP contribution >= 0.6 is 0 Å². The van der Waals surface area contributed by atoms with Crippen LogP contribution in [0.1, 0.15) is 41.5 Å². The second-order valence-corrected chi connectivity index (χ2v) is 7.77. The van der Waals surface area contributed by atoms with Crippen LogP contribution in [-0.2, 0) is 14.8 Å². The molecule has 144 valence electrons. The fourth-order valence-corrected chi connectivity index (χ4v) is 3.52. The second kappa shape index (κ2) is 8.79. The molecule has 0 saturated heterocycles. The van der Waals surface area contributed by atoms with Gasteiger partial charge in [0.1, 0.15) is 0 Å². The first-order chi connectivity index (χ1) is 12.7. The number of carbonyl (C=O) groups excluding carboxylic acids is 2. The van der Waals surface area contributed by atoms with Gasteiger partial charge in [0.15, 0.2) is 0 Å². The number of ether oxygens (including phenoxy) is 1. The summed E-state index contributed by atoms with van der Waals surface area (Å²) in [6.07, 6.45) is 0. The normalized spacial score (nSPS) is 11.3. The summed E-state index contributed by atoms with van der Waals surface area (Å²) in [4.78, 5) is 24.0. The molecule has 0 atom stereocenters. The van der Waals surface area contributed by atoms with Crippen LogP contribution < -0.4 is 10.0 Å². The van der Waals surface area contributed by atoms with E-state index in [1.54, 1.807) is 45.0 Å². The number of esters is 1. The minimum atomic E-state index is -3.60. The Morgan fingerprint density at radius 3 is 2.04 bits per heavy atom. The van der Waals surface area contributed by atoms with Crippen molar-refractivity contribution in [3.05, 3.63) is 59.7 Å². The van der Waals surface area contributed by atoms with Crippen LogP contribution in [0.3, 0.4) is 0 Å². The van der Waals surface area contributed by atoms with Gasteiger partial charge in [-0.05, 0) is 69.3 Å². The number of hydrogen-bond donors (Lipinski definition) is 2. The van der Waals surface area contributed by atoms with Crippen molar-refractivity contribution < 1.29 is 22.7 Å². The fraction of sp³-hybridized carbons (Fsp3) is 0.263. The summed E-state index contributed by atoms with van der Waals surface area (Å²) in [5, 5.41) is 2.69. The predicted octanol–water partition coefficient (Wildman–Crippen LogP) is 2.80. The highest BCUT2D eigenvalue weighted by atomic mass is 32.2. The molecular weight excluding hydrogens is 368 g/mol. The molecular formula is C19H22N2O5S. The third-order valence-electron chi connectivity index (χ3n) is 3.47. The molecule has 2 rings (SSSR count). The second-order valence-electron chi connectivity index (χ2n) is 6.05. The van der Waals surface area contributed by atoms with Gasteiger partial charge < -0.3 is 10.1 Å². The molecule has 1 amide bonds. The first-order valence-electron chi connectivity index (χ1n) is 8.44. The molecule has 0 saturated carbocycles. The fourth-order valence-electron chi connectivity index (χ4n) is 2.27. The van der Waals surface area contributed by atoms with Gasteiger partial charge in [-0.25, -0.2) is 17.9 Å². The first-order valence-corrected chi connectivity index (χ1v) is 9.92. The molecule has 0 spiro atoms. The zero-order valence-corrected chi connectivity index (χ0v) is 16.2. The highest BCUT2D eigenvalue weighted by Crippen LogP contribution is 2.15. The minimum absolute atomic E-state index is 0.0894. The van der Waals surface area contributed by atoms with E-state index in [9.17, 15) is 18.0 Å². The predicted molar refractivity (Wildman–Crippen MR) is 102 cm³/mol. The number of sulfonamides is 1. The molecule has 0 aliphatic rings. The maximum absolute atomic E-state index is 12.3. The van der Waals surface area contributed by atoms with Crippen molar-refractivity contribution in [2.75, 3.05) is 11.9 Å². The first kappa shape index (κ1) is 20.6. The van der Waals surface area contributed by atoms with E-state index in [2.05, 4.69) is 10.0 Å². The zero-order chi connectivity index (χ0) is 20.0. The maximum atomic E-state index is 12.3. The number of anilines is 1. The molecule has 0 aliphatic carbocycles. The van der Waals surface area contributed by atoms with E-state index in [1.807, 2.05) is 0 Å². The van der Waals surface area contributed by atoms with E-state index in [4.69, 9.17) is 4.74 Å². The third-order valence-corrected chi connectivity index (χ3v) is 5.15. The highest BCUT2D eigenvalue weighted by Gasteiger charge is 2.16. The Morgan fingerprint density at radius 1 is 0.963 bits per heavy atom. The molecule has 0 fully saturated rings. The summed E-state index contributed by atoms with van der Waals surface area (Å²) >= 11 is 0. The Hall–Kier alpha value is -2.71. The molecule has 7 nitrogen and oxygen atoms in total. The van der Waals surface area contributed by atoms with E-state index in [0.717, 1.165) is 0 Å². The van der Waals surface area contributed by atoms with E-state index in [-0.39, 0.29) is 23.5 Å². The summed E-state index contributed by atoms with van der Waals surface area (Å²) in [6, 6.07) is 11.7. The average molecular weight is 390 g/mol. The summed E-state index contributed by atoms with van der Waals surface area (Å²) < 4.78 is 31.6. The Morgan fingerprint density at radius 2 is 1.52 bits per heavy atom. The van der Waals surface area contributed by atoms with E-state index in [1.165, 1.54) is 24.3 Å². The Bertz CT molecular complexity index is 904. The number of amides is 1. The summed E-state index contributed by atoms with van der Waals surface area (Å²) in [6.45, 7) is 5.47. The van der Waals surface area contributed by atoms with Crippen LogP contribution in [0.2, 0.25) is 0 Å². The minimum Gasteiger partial charge on any atom is -0.462 e. The lowest BCUT2D eigenvalue weighted by molar-refractivity contribution is 0.0526. The van der Waals surface area contributed by atoms with Crippen molar-refractivity contribution in [1.29, 1.82) is 0 Å². The highest BCUT2D eigenvalue weighted by molar-refractivity contribution is 7.89. The van der Waals surface area contributed by atoms with Gasteiger partial charge in [0.25, 0.3) is 5.91 Å². The monoisotopic (exact) mass is 390 g/mol. The van der Waals surface area contributed by atoms with Crippen LogP contribution in [0, 0.1) is 0 Å². The van der Waals surface area contributed by atoms with Gasteiger partial charge in [-0.2, -0.15) is 0 Å². The van der Waals surface area contributed by atoms with Gasteiger partial charge >= 0.3 is 5.97 Å². The summed E-state index contributed by atoms with van der Waals surface area (Å²) in [7, 11) is -3.60. The molecule has 0 aliphatic heterocycles. The third kappa shape index (κ3) is 5.63. The SMILES string of the molecule is CCOC(=O)c1ccc(NC(=O)c2ccc(S(=O)(=O)NC(C)C)cc2)cc1. The van der Waals surface area contributed by atoms with Gasteiger partial charge in [-0.1, -0.05) is 0 Å². The van der Waals surface area contributed by atoms with Gasteiger partial charge in [-0.3, -0.25) is 4.79 Å². The lowest BCUT2D eigenvalue weighted by Crippen LogP contribution is -2.30. The molecule has 0 unspecified atom stereocenters. The quantitative estimate of drug-likeness (QED) is 0.708. The van der Waals surface area contributed by atoms with Gasteiger partial charge in [0.2, 0.25) is 10.0 Å². The Labute approximate surface area is 158 Å². The molecule has 8 heteroatoms. The largest absolute Gasteiger partial charge is 0.462 e. The van der Waals surface area contributed by atoms with Crippen LogP contribution in [-0.4, -0.2) is 32.9 Å². The average Bonchev–Trinajstić information content (AvgIpc) is 2.61. The van der Waals surface area contributed by atoms with Crippen LogP contribution in [0.15, 0.2) is 53.4 Å². The number of nitrogens with one attached hydrogen (secondary N) is 2. The standard InChI is InChI=1S/C19H22N2O5S/c1-4-26-19(23)15-5-9-16(10-6-15)20-18(22)14-7-11-17(12-8-14)27(24,25)21-13(2)3/h5-13,21H,4H2,1-3H3,(H,20,22). The van der Waals surface area contributed by atoms with Crippen LogP contribution in [0.5, 0.6) is 0 Å². The number of rotatable bonds is 7. The number of carbonyl (C=O) groups is 2.